The van der Waals surface area contributed by atoms with Crippen LogP contribution in [-0.2, 0) is 4.79 Å². The van der Waals surface area contributed by atoms with Crippen molar-refractivity contribution in [2.24, 2.45) is 5.73 Å². The molecule has 1 aromatic heterocycles. The van der Waals surface area contributed by atoms with E-state index in [9.17, 15) is 4.79 Å². The summed E-state index contributed by atoms with van der Waals surface area (Å²) in [6, 6.07) is 11.7. The van der Waals surface area contributed by atoms with Crippen molar-refractivity contribution in [1.82, 2.24) is 14.7 Å². The summed E-state index contributed by atoms with van der Waals surface area (Å²) in [6.45, 7) is 3.15. The Hall–Kier alpha value is -2.14. The van der Waals surface area contributed by atoms with E-state index >= 15 is 0 Å². The Morgan fingerprint density at radius 2 is 2.05 bits per heavy atom. The summed E-state index contributed by atoms with van der Waals surface area (Å²) in [6.07, 6.45) is 3.50. The smallest absolute Gasteiger partial charge is 0.247 e. The van der Waals surface area contributed by atoms with Gasteiger partial charge in [0, 0.05) is 37.4 Å². The minimum absolute atomic E-state index is 0.0128. The average Bonchev–Trinajstić information content (AvgIpc) is 3.16. The Balaban J connectivity index is 1.72. The highest BCUT2D eigenvalue weighted by atomic mass is 16.2. The van der Waals surface area contributed by atoms with Crippen LogP contribution in [0.2, 0.25) is 0 Å². The summed E-state index contributed by atoms with van der Waals surface area (Å²) in [5.74, 6) is 0.285. The van der Waals surface area contributed by atoms with E-state index in [-0.39, 0.29) is 23.9 Å². The van der Waals surface area contributed by atoms with E-state index in [1.807, 2.05) is 42.3 Å². The van der Waals surface area contributed by atoms with Gasteiger partial charge >= 0.3 is 0 Å². The van der Waals surface area contributed by atoms with Crippen molar-refractivity contribution in [2.45, 2.75) is 24.9 Å². The van der Waals surface area contributed by atoms with Crippen molar-refractivity contribution in [1.29, 1.82) is 0 Å². The molecule has 5 heteroatoms. The Bertz CT molecular complexity index is 596. The van der Waals surface area contributed by atoms with Gasteiger partial charge in [-0.1, -0.05) is 30.3 Å². The van der Waals surface area contributed by atoms with Gasteiger partial charge in [0.1, 0.15) is 6.04 Å². The molecule has 1 saturated heterocycles. The topological polar surface area (TPSA) is 64.2 Å². The lowest BCUT2D eigenvalue weighted by atomic mass is 9.95. The van der Waals surface area contributed by atoms with Crippen molar-refractivity contribution in [3.63, 3.8) is 0 Å². The number of aromatic nitrogens is 2. The second-order valence-corrected chi connectivity index (χ2v) is 5.59. The summed E-state index contributed by atoms with van der Waals surface area (Å²) in [4.78, 5) is 14.4. The molecule has 0 radical (unpaired) electrons. The highest BCUT2D eigenvalue weighted by Crippen LogP contribution is 2.27. The fraction of sp³-hybridized carbons (Fsp3) is 0.375. The number of carbonyl (C=O) groups excluding carboxylic acids is 1. The van der Waals surface area contributed by atoms with E-state index in [1.54, 1.807) is 10.9 Å². The number of likely N-dealkylation sites (tertiary alicyclic amines) is 1. The highest BCUT2D eigenvalue weighted by molar-refractivity contribution is 5.80. The molecule has 0 bridgehead atoms. The largest absolute Gasteiger partial charge is 0.339 e. The lowest BCUT2D eigenvalue weighted by Crippen LogP contribution is -2.36. The van der Waals surface area contributed by atoms with E-state index < -0.39 is 0 Å². The Labute approximate surface area is 124 Å². The number of nitrogens with zero attached hydrogens (tertiary/aromatic N) is 3. The molecule has 2 heterocycles. The number of hydrogen-bond donors (Lipinski definition) is 1. The van der Waals surface area contributed by atoms with Crippen molar-refractivity contribution < 1.29 is 4.79 Å². The van der Waals surface area contributed by atoms with Crippen LogP contribution in [0.1, 0.15) is 24.4 Å². The first-order valence-electron chi connectivity index (χ1n) is 7.25. The maximum atomic E-state index is 12.6. The molecule has 0 spiro atoms. The summed E-state index contributed by atoms with van der Waals surface area (Å²) in [5.41, 5.74) is 7.44. The van der Waals surface area contributed by atoms with Crippen LogP contribution in [0, 0.1) is 0 Å². The van der Waals surface area contributed by atoms with E-state index in [1.165, 1.54) is 5.56 Å². The van der Waals surface area contributed by atoms with Crippen LogP contribution in [-0.4, -0.2) is 39.7 Å². The molecule has 2 aromatic rings. The number of carbonyl (C=O) groups is 1. The first-order chi connectivity index (χ1) is 10.2. The Morgan fingerprint density at radius 1 is 1.29 bits per heavy atom. The average molecular weight is 284 g/mol. The fourth-order valence-corrected chi connectivity index (χ4v) is 2.95. The minimum atomic E-state index is -0.290. The summed E-state index contributed by atoms with van der Waals surface area (Å²) < 4.78 is 1.68. The lowest BCUT2D eigenvalue weighted by Gasteiger charge is -2.21. The molecule has 3 atom stereocenters. The van der Waals surface area contributed by atoms with Gasteiger partial charge in [0.25, 0.3) is 0 Å². The summed E-state index contributed by atoms with van der Waals surface area (Å²) in [5, 5.41) is 4.14. The van der Waals surface area contributed by atoms with E-state index in [4.69, 9.17) is 5.73 Å². The standard InChI is InChI=1S/C16H20N4O/c1-12(20-9-5-8-18-20)16(21)19-10-14(15(17)11-19)13-6-3-2-4-7-13/h2-9,12,14-15H,10-11,17H2,1H3/t12?,14-,15+/m0/s1. The molecule has 1 amide bonds. The molecule has 0 aliphatic carbocycles. The maximum Gasteiger partial charge on any atom is 0.247 e. The molecule has 0 saturated carbocycles. The van der Waals surface area contributed by atoms with Gasteiger partial charge < -0.3 is 10.6 Å². The van der Waals surface area contributed by atoms with Crippen LogP contribution in [0.15, 0.2) is 48.8 Å². The molecule has 1 unspecified atom stereocenters. The zero-order chi connectivity index (χ0) is 14.8. The SMILES string of the molecule is CC(C(=O)N1C[C@@H](N)[C@H](c2ccccc2)C1)n1cccn1. The van der Waals surface area contributed by atoms with E-state index in [0.717, 1.165) is 0 Å². The van der Waals surface area contributed by atoms with Crippen molar-refractivity contribution in [3.05, 3.63) is 54.4 Å². The fourth-order valence-electron chi connectivity index (χ4n) is 2.95. The van der Waals surface area contributed by atoms with Gasteiger partial charge in [0.05, 0.1) is 0 Å². The third-order valence-electron chi connectivity index (χ3n) is 4.18. The molecular weight excluding hydrogens is 264 g/mol. The lowest BCUT2D eigenvalue weighted by molar-refractivity contribution is -0.133. The van der Waals surface area contributed by atoms with Crippen LogP contribution in [0.4, 0.5) is 0 Å². The van der Waals surface area contributed by atoms with Crippen LogP contribution >= 0.6 is 0 Å². The normalized spacial score (nSPS) is 23.2. The molecule has 1 aromatic carbocycles. The van der Waals surface area contributed by atoms with Crippen LogP contribution < -0.4 is 5.73 Å². The second kappa shape index (κ2) is 5.69. The molecule has 1 aliphatic rings. The maximum absolute atomic E-state index is 12.6. The monoisotopic (exact) mass is 284 g/mol. The highest BCUT2D eigenvalue weighted by Gasteiger charge is 2.35. The van der Waals surface area contributed by atoms with Gasteiger partial charge in [0.2, 0.25) is 5.91 Å². The molecular formula is C16H20N4O. The first-order valence-corrected chi connectivity index (χ1v) is 7.25. The molecule has 1 aliphatic heterocycles. The summed E-state index contributed by atoms with van der Waals surface area (Å²) in [7, 11) is 0. The molecule has 21 heavy (non-hydrogen) atoms. The zero-order valence-electron chi connectivity index (χ0n) is 12.1. The van der Waals surface area contributed by atoms with E-state index in [0.29, 0.717) is 13.1 Å². The number of benzene rings is 1. The van der Waals surface area contributed by atoms with Crippen LogP contribution in [0.3, 0.4) is 0 Å². The van der Waals surface area contributed by atoms with Crippen molar-refractivity contribution in [2.75, 3.05) is 13.1 Å². The predicted octanol–water partition coefficient (Wildman–Crippen LogP) is 1.40. The number of hydrogen-bond acceptors (Lipinski definition) is 3. The van der Waals surface area contributed by atoms with Gasteiger partial charge in [-0.15, -0.1) is 0 Å². The third kappa shape index (κ3) is 2.69. The van der Waals surface area contributed by atoms with Crippen LogP contribution in [0.25, 0.3) is 0 Å². The Morgan fingerprint density at radius 3 is 2.71 bits per heavy atom. The van der Waals surface area contributed by atoms with Gasteiger partial charge in [-0.3, -0.25) is 9.48 Å². The van der Waals surface area contributed by atoms with Gasteiger partial charge in [0.15, 0.2) is 0 Å². The number of amides is 1. The number of nitrogens with two attached hydrogens (primary N) is 1. The summed E-state index contributed by atoms with van der Waals surface area (Å²) >= 11 is 0. The third-order valence-corrected chi connectivity index (χ3v) is 4.18. The van der Waals surface area contributed by atoms with Crippen molar-refractivity contribution >= 4 is 5.91 Å². The first kappa shape index (κ1) is 13.8. The molecule has 3 rings (SSSR count). The molecule has 2 N–H and O–H groups in total. The van der Waals surface area contributed by atoms with Crippen molar-refractivity contribution in [3.8, 4) is 0 Å². The number of rotatable bonds is 3. The van der Waals surface area contributed by atoms with Crippen LogP contribution in [0.5, 0.6) is 0 Å². The van der Waals surface area contributed by atoms with Gasteiger partial charge in [-0.05, 0) is 18.6 Å². The van der Waals surface area contributed by atoms with Gasteiger partial charge in [-0.2, -0.15) is 5.10 Å². The quantitative estimate of drug-likeness (QED) is 0.926. The second-order valence-electron chi connectivity index (χ2n) is 5.59. The zero-order valence-corrected chi connectivity index (χ0v) is 12.1. The molecule has 110 valence electrons. The molecule has 1 fully saturated rings. The Kier molecular flexibility index (Phi) is 3.75. The molecule has 5 nitrogen and oxygen atoms in total. The predicted molar refractivity (Wildman–Crippen MR) is 80.7 cm³/mol. The van der Waals surface area contributed by atoms with E-state index in [2.05, 4.69) is 17.2 Å². The minimum Gasteiger partial charge on any atom is -0.339 e. The van der Waals surface area contributed by atoms with Gasteiger partial charge in [-0.25, -0.2) is 0 Å².